The average molecular weight is 246 g/mol. The van der Waals surface area contributed by atoms with Crippen LogP contribution in [-0.2, 0) is 4.79 Å². The summed E-state index contributed by atoms with van der Waals surface area (Å²) in [5.41, 5.74) is 1.42. The number of aryl methyl sites for hydroxylation is 1. The smallest absolute Gasteiger partial charge is 0.285 e. The fraction of sp³-hybridized carbons (Fsp3) is 0.429. The lowest BCUT2D eigenvalue weighted by Gasteiger charge is -2.29. The number of hydrogen-bond acceptors (Lipinski definition) is 2. The Kier molecular flexibility index (Phi) is 2.89. The fourth-order valence-electron chi connectivity index (χ4n) is 2.09. The Labute approximate surface area is 107 Å². The predicted octanol–water partition coefficient (Wildman–Crippen LogP) is 2.56. The van der Waals surface area contributed by atoms with Gasteiger partial charge in [0.05, 0.1) is 0 Å². The number of benzene rings is 1. The molecule has 4 nitrogen and oxygen atoms in total. The van der Waals surface area contributed by atoms with Crippen molar-refractivity contribution in [3.8, 4) is 0 Å². The van der Waals surface area contributed by atoms with Crippen LogP contribution in [0, 0.1) is 6.92 Å². The standard InChI is InChI=1S/C14H18N2O2/c1-10-5-7-11(8-6-10)15-9-12(17)16(13(15)18)14(2,3)4/h5-8H,9H2,1-4H3. The first-order chi connectivity index (χ1) is 8.30. The molecule has 1 fully saturated rings. The minimum absolute atomic E-state index is 0.124. The maximum atomic E-state index is 12.3. The zero-order chi connectivity index (χ0) is 13.5. The number of carbonyl (C=O) groups excluding carboxylic acids is 2. The maximum absolute atomic E-state index is 12.3. The van der Waals surface area contributed by atoms with E-state index >= 15 is 0 Å². The third-order valence-electron chi connectivity index (χ3n) is 2.98. The van der Waals surface area contributed by atoms with E-state index in [-0.39, 0.29) is 18.5 Å². The first kappa shape index (κ1) is 12.6. The Bertz CT molecular complexity index is 486. The maximum Gasteiger partial charge on any atom is 0.332 e. The summed E-state index contributed by atoms with van der Waals surface area (Å²) >= 11 is 0. The van der Waals surface area contributed by atoms with Gasteiger partial charge in [-0.1, -0.05) is 17.7 Å². The van der Waals surface area contributed by atoms with Gasteiger partial charge in [-0.2, -0.15) is 0 Å². The van der Waals surface area contributed by atoms with Crippen molar-refractivity contribution < 1.29 is 9.59 Å². The van der Waals surface area contributed by atoms with Crippen LogP contribution in [0.15, 0.2) is 24.3 Å². The lowest BCUT2D eigenvalue weighted by atomic mass is 10.1. The van der Waals surface area contributed by atoms with Crippen molar-refractivity contribution in [1.82, 2.24) is 4.90 Å². The van der Waals surface area contributed by atoms with Gasteiger partial charge < -0.3 is 0 Å². The molecule has 0 saturated carbocycles. The first-order valence-electron chi connectivity index (χ1n) is 6.02. The van der Waals surface area contributed by atoms with E-state index in [0.29, 0.717) is 0 Å². The average Bonchev–Trinajstić information content (AvgIpc) is 2.54. The molecule has 1 heterocycles. The molecule has 0 aliphatic carbocycles. The highest BCUT2D eigenvalue weighted by atomic mass is 16.2. The van der Waals surface area contributed by atoms with Gasteiger partial charge in [0.1, 0.15) is 6.54 Å². The summed E-state index contributed by atoms with van der Waals surface area (Å²) < 4.78 is 0. The van der Waals surface area contributed by atoms with Gasteiger partial charge in [-0.05, 0) is 39.8 Å². The SMILES string of the molecule is Cc1ccc(N2CC(=O)N(C(C)(C)C)C2=O)cc1. The number of urea groups is 1. The van der Waals surface area contributed by atoms with Crippen LogP contribution in [0.5, 0.6) is 0 Å². The molecule has 1 aromatic carbocycles. The molecule has 1 saturated heterocycles. The molecule has 96 valence electrons. The second kappa shape index (κ2) is 4.12. The third-order valence-corrected chi connectivity index (χ3v) is 2.98. The number of hydrogen-bond donors (Lipinski definition) is 0. The Morgan fingerprint density at radius 2 is 1.61 bits per heavy atom. The molecule has 0 radical (unpaired) electrons. The van der Waals surface area contributed by atoms with Gasteiger partial charge in [0.25, 0.3) is 5.91 Å². The van der Waals surface area contributed by atoms with E-state index in [1.807, 2.05) is 52.0 Å². The number of imide groups is 1. The Morgan fingerprint density at radius 1 is 1.06 bits per heavy atom. The Balaban J connectivity index is 2.31. The van der Waals surface area contributed by atoms with E-state index in [1.54, 1.807) is 0 Å². The van der Waals surface area contributed by atoms with E-state index in [1.165, 1.54) is 9.80 Å². The predicted molar refractivity (Wildman–Crippen MR) is 70.5 cm³/mol. The molecule has 0 N–H and O–H groups in total. The minimum atomic E-state index is -0.479. The molecule has 0 spiro atoms. The van der Waals surface area contributed by atoms with Crippen LogP contribution < -0.4 is 4.90 Å². The summed E-state index contributed by atoms with van der Waals surface area (Å²) in [6, 6.07) is 7.37. The summed E-state index contributed by atoms with van der Waals surface area (Å²) in [7, 11) is 0. The highest BCUT2D eigenvalue weighted by Gasteiger charge is 2.42. The number of anilines is 1. The quantitative estimate of drug-likeness (QED) is 0.714. The van der Waals surface area contributed by atoms with E-state index in [9.17, 15) is 9.59 Å². The largest absolute Gasteiger partial charge is 0.332 e. The summed E-state index contributed by atoms with van der Waals surface area (Å²) in [6.45, 7) is 7.70. The molecular weight excluding hydrogens is 228 g/mol. The monoisotopic (exact) mass is 246 g/mol. The Morgan fingerprint density at radius 3 is 2.06 bits per heavy atom. The second-order valence-electron chi connectivity index (χ2n) is 5.60. The van der Waals surface area contributed by atoms with E-state index < -0.39 is 5.54 Å². The van der Waals surface area contributed by atoms with Gasteiger partial charge in [-0.25, -0.2) is 4.79 Å². The van der Waals surface area contributed by atoms with Crippen molar-refractivity contribution in [2.24, 2.45) is 0 Å². The van der Waals surface area contributed by atoms with Gasteiger partial charge >= 0.3 is 6.03 Å². The summed E-state index contributed by atoms with van der Waals surface area (Å²) in [4.78, 5) is 27.1. The molecule has 3 amide bonds. The molecule has 2 rings (SSSR count). The molecule has 1 aromatic rings. The molecule has 18 heavy (non-hydrogen) atoms. The van der Waals surface area contributed by atoms with Gasteiger partial charge in [0, 0.05) is 11.2 Å². The summed E-state index contributed by atoms with van der Waals surface area (Å²) in [5, 5.41) is 0. The molecule has 0 aromatic heterocycles. The fourth-order valence-corrected chi connectivity index (χ4v) is 2.09. The minimum Gasteiger partial charge on any atom is -0.285 e. The molecule has 4 heteroatoms. The highest BCUT2D eigenvalue weighted by Crippen LogP contribution is 2.26. The number of amides is 3. The van der Waals surface area contributed by atoms with Gasteiger partial charge in [0.15, 0.2) is 0 Å². The molecule has 1 aliphatic rings. The Hall–Kier alpha value is -1.84. The molecule has 0 atom stereocenters. The van der Waals surface area contributed by atoms with Crippen LogP contribution in [0.25, 0.3) is 0 Å². The number of nitrogens with zero attached hydrogens (tertiary/aromatic N) is 2. The van der Waals surface area contributed by atoms with Crippen molar-refractivity contribution in [3.63, 3.8) is 0 Å². The van der Waals surface area contributed by atoms with Crippen molar-refractivity contribution in [3.05, 3.63) is 29.8 Å². The summed E-state index contributed by atoms with van der Waals surface area (Å²) in [5.74, 6) is -0.145. The lowest BCUT2D eigenvalue weighted by Crippen LogP contribution is -2.46. The van der Waals surface area contributed by atoms with Crippen molar-refractivity contribution in [2.45, 2.75) is 33.2 Å². The topological polar surface area (TPSA) is 40.6 Å². The van der Waals surface area contributed by atoms with Gasteiger partial charge in [0.2, 0.25) is 0 Å². The van der Waals surface area contributed by atoms with Crippen LogP contribution in [0.3, 0.4) is 0 Å². The van der Waals surface area contributed by atoms with E-state index in [0.717, 1.165) is 11.3 Å². The van der Waals surface area contributed by atoms with Crippen molar-refractivity contribution in [2.75, 3.05) is 11.4 Å². The van der Waals surface area contributed by atoms with Crippen LogP contribution in [0.2, 0.25) is 0 Å². The second-order valence-corrected chi connectivity index (χ2v) is 5.60. The zero-order valence-corrected chi connectivity index (χ0v) is 11.2. The van der Waals surface area contributed by atoms with Gasteiger partial charge in [-0.15, -0.1) is 0 Å². The van der Waals surface area contributed by atoms with E-state index in [2.05, 4.69) is 0 Å². The lowest BCUT2D eigenvalue weighted by molar-refractivity contribution is -0.128. The van der Waals surface area contributed by atoms with Crippen LogP contribution in [0.4, 0.5) is 10.5 Å². The van der Waals surface area contributed by atoms with E-state index in [4.69, 9.17) is 0 Å². The molecule has 0 unspecified atom stereocenters. The van der Waals surface area contributed by atoms with Crippen LogP contribution in [0.1, 0.15) is 26.3 Å². The number of carbonyl (C=O) groups is 2. The van der Waals surface area contributed by atoms with Crippen LogP contribution in [-0.4, -0.2) is 28.9 Å². The first-order valence-corrected chi connectivity index (χ1v) is 6.02. The van der Waals surface area contributed by atoms with Crippen molar-refractivity contribution >= 4 is 17.6 Å². The van der Waals surface area contributed by atoms with Crippen molar-refractivity contribution in [1.29, 1.82) is 0 Å². The molecule has 0 bridgehead atoms. The van der Waals surface area contributed by atoms with Crippen LogP contribution >= 0.6 is 0 Å². The molecule has 1 aliphatic heterocycles. The third kappa shape index (κ3) is 2.10. The zero-order valence-electron chi connectivity index (χ0n) is 11.2. The highest BCUT2D eigenvalue weighted by molar-refractivity contribution is 6.12. The molecular formula is C14H18N2O2. The summed E-state index contributed by atoms with van der Waals surface area (Å²) in [6.07, 6.45) is 0. The number of rotatable bonds is 1. The normalized spacial score (nSPS) is 16.7. The van der Waals surface area contributed by atoms with Gasteiger partial charge in [-0.3, -0.25) is 14.6 Å².